The Labute approximate surface area is 178 Å². The molecule has 0 bridgehead atoms. The maximum Gasteiger partial charge on any atom is 0.246 e. The van der Waals surface area contributed by atoms with Gasteiger partial charge in [-0.3, -0.25) is 14.8 Å². The largest absolute Gasteiger partial charge is 0.355 e. The first-order chi connectivity index (χ1) is 15.1. The van der Waals surface area contributed by atoms with Gasteiger partial charge in [-0.2, -0.15) is 5.10 Å². The normalized spacial score (nSPS) is 17.1. The van der Waals surface area contributed by atoms with Crippen LogP contribution in [0.3, 0.4) is 0 Å². The van der Waals surface area contributed by atoms with Crippen molar-refractivity contribution in [1.82, 2.24) is 29.7 Å². The van der Waals surface area contributed by atoms with Crippen molar-refractivity contribution in [3.05, 3.63) is 43.0 Å². The molecule has 0 atom stereocenters. The van der Waals surface area contributed by atoms with E-state index in [0.717, 1.165) is 16.9 Å². The third-order valence-corrected chi connectivity index (χ3v) is 6.56. The third-order valence-electron chi connectivity index (χ3n) is 6.56. The van der Waals surface area contributed by atoms with E-state index in [2.05, 4.69) is 37.3 Å². The molecule has 2 aliphatic carbocycles. The van der Waals surface area contributed by atoms with E-state index in [1.165, 1.54) is 25.7 Å². The molecule has 2 fully saturated rings. The number of carbonyl (C=O) groups is 1. The van der Waals surface area contributed by atoms with Crippen LogP contribution in [0.15, 0.2) is 43.0 Å². The van der Waals surface area contributed by atoms with Gasteiger partial charge in [-0.15, -0.1) is 0 Å². The van der Waals surface area contributed by atoms with Crippen LogP contribution >= 0.6 is 0 Å². The number of rotatable bonds is 5. The topological polar surface area (TPSA) is 102 Å². The van der Waals surface area contributed by atoms with E-state index >= 15 is 0 Å². The zero-order valence-electron chi connectivity index (χ0n) is 17.2. The number of amides is 1. The van der Waals surface area contributed by atoms with Gasteiger partial charge in [0.1, 0.15) is 17.9 Å². The average Bonchev–Trinajstić information content (AvgIpc) is 3.48. The molecule has 1 N–H and O–H groups in total. The van der Waals surface area contributed by atoms with Crippen LogP contribution < -0.4 is 10.2 Å². The van der Waals surface area contributed by atoms with Gasteiger partial charge in [0, 0.05) is 19.3 Å². The fourth-order valence-corrected chi connectivity index (χ4v) is 4.47. The molecule has 2 aliphatic rings. The number of pyridine rings is 2. The second-order valence-electron chi connectivity index (χ2n) is 8.73. The van der Waals surface area contributed by atoms with Gasteiger partial charge in [-0.1, -0.05) is 0 Å². The summed E-state index contributed by atoms with van der Waals surface area (Å²) < 4.78 is 1.59. The summed E-state index contributed by atoms with van der Waals surface area (Å²) >= 11 is 0. The van der Waals surface area contributed by atoms with Crippen molar-refractivity contribution < 1.29 is 4.79 Å². The first-order valence-electron chi connectivity index (χ1n) is 10.5. The standard InChI is InChI=1S/C22H22N8O/c1-29(15-8-22(9-15)4-5-22)19-12-25-18-11-26-30(21(18)28-19)13-20(31)27-14-7-17-16(24-10-14)3-2-6-23-17/h2-3,6-7,10-12,15H,4-5,8-9,13H2,1H3,(H,27,31). The Kier molecular flexibility index (Phi) is 3.92. The van der Waals surface area contributed by atoms with Gasteiger partial charge in [0.15, 0.2) is 5.65 Å². The highest BCUT2D eigenvalue weighted by molar-refractivity contribution is 5.92. The van der Waals surface area contributed by atoms with Gasteiger partial charge in [-0.05, 0) is 49.3 Å². The van der Waals surface area contributed by atoms with Gasteiger partial charge in [0.25, 0.3) is 0 Å². The molecule has 6 rings (SSSR count). The molecular formula is C22H22N8O. The number of hydrogen-bond acceptors (Lipinski definition) is 7. The molecule has 4 aromatic rings. The zero-order valence-corrected chi connectivity index (χ0v) is 17.2. The van der Waals surface area contributed by atoms with Crippen LogP contribution in [0.2, 0.25) is 0 Å². The zero-order chi connectivity index (χ0) is 21.0. The lowest BCUT2D eigenvalue weighted by Crippen LogP contribution is -2.44. The maximum absolute atomic E-state index is 12.6. The summed E-state index contributed by atoms with van der Waals surface area (Å²) in [7, 11) is 2.07. The number of anilines is 2. The SMILES string of the molecule is CN(c1cnc2cnn(CC(=O)Nc3cnc4cccnc4c3)c2n1)C1CC2(CC2)C1. The summed E-state index contributed by atoms with van der Waals surface area (Å²) in [5.41, 5.74) is 4.02. The number of nitrogens with zero attached hydrogens (tertiary/aromatic N) is 7. The highest BCUT2D eigenvalue weighted by atomic mass is 16.2. The highest BCUT2D eigenvalue weighted by Gasteiger charge is 2.54. The van der Waals surface area contributed by atoms with Crippen LogP contribution in [0, 0.1) is 5.41 Å². The Balaban J connectivity index is 1.19. The van der Waals surface area contributed by atoms with E-state index in [4.69, 9.17) is 4.98 Å². The van der Waals surface area contributed by atoms with Crippen molar-refractivity contribution in [2.45, 2.75) is 38.3 Å². The average molecular weight is 414 g/mol. The molecule has 4 aromatic heterocycles. The maximum atomic E-state index is 12.6. The minimum atomic E-state index is -0.211. The summed E-state index contributed by atoms with van der Waals surface area (Å²) in [5, 5.41) is 7.19. The molecular weight excluding hydrogens is 392 g/mol. The van der Waals surface area contributed by atoms with E-state index in [-0.39, 0.29) is 12.5 Å². The van der Waals surface area contributed by atoms with Crippen LogP contribution in [0.4, 0.5) is 11.5 Å². The second kappa shape index (κ2) is 6.69. The number of aromatic nitrogens is 6. The van der Waals surface area contributed by atoms with Crippen molar-refractivity contribution >= 4 is 39.6 Å². The van der Waals surface area contributed by atoms with E-state index < -0.39 is 0 Å². The Morgan fingerprint density at radius 2 is 2.00 bits per heavy atom. The molecule has 156 valence electrons. The molecule has 31 heavy (non-hydrogen) atoms. The number of hydrogen-bond donors (Lipinski definition) is 1. The number of fused-ring (bicyclic) bond motifs is 2. The molecule has 9 nitrogen and oxygen atoms in total. The van der Waals surface area contributed by atoms with Gasteiger partial charge < -0.3 is 10.2 Å². The van der Waals surface area contributed by atoms with Crippen LogP contribution in [0.5, 0.6) is 0 Å². The van der Waals surface area contributed by atoms with E-state index in [0.29, 0.717) is 28.3 Å². The lowest BCUT2D eigenvalue weighted by molar-refractivity contribution is -0.116. The van der Waals surface area contributed by atoms with Crippen molar-refractivity contribution in [2.24, 2.45) is 5.41 Å². The van der Waals surface area contributed by atoms with E-state index in [9.17, 15) is 4.79 Å². The third kappa shape index (κ3) is 3.26. The minimum Gasteiger partial charge on any atom is -0.355 e. The molecule has 0 saturated heterocycles. The summed E-state index contributed by atoms with van der Waals surface area (Å²) in [6, 6.07) is 6.03. The lowest BCUT2D eigenvalue weighted by Gasteiger charge is -2.42. The Bertz CT molecular complexity index is 1300. The van der Waals surface area contributed by atoms with Gasteiger partial charge in [0.2, 0.25) is 5.91 Å². The van der Waals surface area contributed by atoms with Crippen molar-refractivity contribution in [1.29, 1.82) is 0 Å². The monoisotopic (exact) mass is 414 g/mol. The van der Waals surface area contributed by atoms with Crippen molar-refractivity contribution in [3.8, 4) is 0 Å². The molecule has 1 spiro atoms. The van der Waals surface area contributed by atoms with Crippen molar-refractivity contribution in [3.63, 3.8) is 0 Å². The predicted octanol–water partition coefficient (Wildman–Crippen LogP) is 2.79. The molecule has 0 aliphatic heterocycles. The predicted molar refractivity (Wildman–Crippen MR) is 117 cm³/mol. The molecule has 2 saturated carbocycles. The Morgan fingerprint density at radius 3 is 2.84 bits per heavy atom. The Hall–Kier alpha value is -3.62. The van der Waals surface area contributed by atoms with E-state index in [1.54, 1.807) is 35.5 Å². The summed E-state index contributed by atoms with van der Waals surface area (Å²) in [4.78, 5) is 32.7. The smallest absolute Gasteiger partial charge is 0.246 e. The Morgan fingerprint density at radius 1 is 1.16 bits per heavy atom. The van der Waals surface area contributed by atoms with Crippen molar-refractivity contribution in [2.75, 3.05) is 17.3 Å². The molecule has 9 heteroatoms. The molecule has 4 heterocycles. The van der Waals surface area contributed by atoms with Gasteiger partial charge >= 0.3 is 0 Å². The van der Waals surface area contributed by atoms with E-state index in [1.807, 2.05) is 12.1 Å². The number of nitrogens with one attached hydrogen (secondary N) is 1. The fourth-order valence-electron chi connectivity index (χ4n) is 4.47. The first kappa shape index (κ1) is 18.2. The van der Waals surface area contributed by atoms with Crippen LogP contribution in [-0.4, -0.2) is 48.7 Å². The second-order valence-corrected chi connectivity index (χ2v) is 8.73. The summed E-state index contributed by atoms with van der Waals surface area (Å²) in [5.74, 6) is 0.609. The minimum absolute atomic E-state index is 0.0398. The van der Waals surface area contributed by atoms with Crippen LogP contribution in [0.1, 0.15) is 25.7 Å². The summed E-state index contributed by atoms with van der Waals surface area (Å²) in [6.45, 7) is 0.0398. The molecule has 0 unspecified atom stereocenters. The highest BCUT2D eigenvalue weighted by Crippen LogP contribution is 2.61. The number of carbonyl (C=O) groups excluding carboxylic acids is 1. The fraction of sp³-hybridized carbons (Fsp3) is 0.364. The van der Waals surface area contributed by atoms with Crippen LogP contribution in [-0.2, 0) is 11.3 Å². The first-order valence-corrected chi connectivity index (χ1v) is 10.5. The lowest BCUT2D eigenvalue weighted by atomic mass is 9.76. The quantitative estimate of drug-likeness (QED) is 0.536. The van der Waals surface area contributed by atoms with Crippen LogP contribution in [0.25, 0.3) is 22.2 Å². The van der Waals surface area contributed by atoms with Gasteiger partial charge in [0.05, 0.1) is 35.3 Å². The molecule has 1 amide bonds. The summed E-state index contributed by atoms with van der Waals surface area (Å²) in [6.07, 6.45) is 12.0. The molecule has 0 aromatic carbocycles. The van der Waals surface area contributed by atoms with Gasteiger partial charge in [-0.25, -0.2) is 14.6 Å². The molecule has 0 radical (unpaired) electrons.